The van der Waals surface area contributed by atoms with Crippen LogP contribution >= 0.6 is 20.8 Å². The molecule has 0 aliphatic carbocycles. The SMILES string of the molecule is BrP(CCCC1N(Cc2ccc3ccccc3c2)c2ccccc2[NH+]1Cc1ccc2ccccc2c1)(c1ccccc1)(c1ccccc1)c1ccccc1.[Br-]. The summed E-state index contributed by atoms with van der Waals surface area (Å²) < 4.78 is 0. The van der Waals surface area contributed by atoms with Gasteiger partial charge in [-0.2, -0.15) is 0 Å². The van der Waals surface area contributed by atoms with Gasteiger partial charge in [0, 0.05) is 0 Å². The summed E-state index contributed by atoms with van der Waals surface area (Å²) in [5.74, 6) is 0. The van der Waals surface area contributed by atoms with Gasteiger partial charge in [0.15, 0.2) is 0 Å². The van der Waals surface area contributed by atoms with Crippen LogP contribution in [0.5, 0.6) is 0 Å². The van der Waals surface area contributed by atoms with Crippen LogP contribution in [0.15, 0.2) is 200 Å². The number of para-hydroxylation sites is 2. The summed E-state index contributed by atoms with van der Waals surface area (Å²) in [4.78, 5) is 4.24. The predicted molar refractivity (Wildman–Crippen MR) is 237 cm³/mol. The largest absolute Gasteiger partial charge is 1.00 e. The Hall–Kier alpha value is -4.57. The maximum atomic E-state index is 4.75. The van der Waals surface area contributed by atoms with E-state index in [1.807, 2.05) is 0 Å². The summed E-state index contributed by atoms with van der Waals surface area (Å²) in [6, 6.07) is 74.4. The maximum Gasteiger partial charge on any atom is -1.00 e. The molecule has 8 aromatic carbocycles. The molecule has 0 fully saturated rings. The van der Waals surface area contributed by atoms with Crippen molar-refractivity contribution in [2.75, 3.05) is 11.1 Å². The predicted octanol–water partition coefficient (Wildman–Crippen LogP) is 7.68. The first kappa shape index (κ1) is 37.4. The molecule has 0 bridgehead atoms. The number of hydrogen-bond acceptors (Lipinski definition) is 1. The monoisotopic (exact) mass is 862 g/mol. The molecule has 0 saturated heterocycles. The van der Waals surface area contributed by atoms with Crippen LogP contribution in [0.25, 0.3) is 21.5 Å². The van der Waals surface area contributed by atoms with Crippen molar-refractivity contribution in [3.05, 3.63) is 211 Å². The van der Waals surface area contributed by atoms with E-state index in [9.17, 15) is 0 Å². The number of benzene rings is 8. The first-order chi connectivity index (χ1) is 26.6. The molecule has 1 aliphatic heterocycles. The molecule has 2 atom stereocenters. The Kier molecular flexibility index (Phi) is 10.8. The van der Waals surface area contributed by atoms with Crippen molar-refractivity contribution in [3.8, 4) is 0 Å². The van der Waals surface area contributed by atoms with Gasteiger partial charge in [-0.1, -0.05) is 0 Å². The first-order valence-electron chi connectivity index (χ1n) is 19.2. The normalized spacial score (nSPS) is 15.9. The van der Waals surface area contributed by atoms with Gasteiger partial charge in [0.1, 0.15) is 0 Å². The van der Waals surface area contributed by atoms with Gasteiger partial charge in [0.2, 0.25) is 0 Å². The summed E-state index contributed by atoms with van der Waals surface area (Å²) >= 11 is 4.75. The molecule has 55 heavy (non-hydrogen) atoms. The number of fused-ring (bicyclic) bond motifs is 3. The number of anilines is 1. The number of halogens is 2. The Labute approximate surface area is 343 Å². The number of quaternary nitrogens is 1. The van der Waals surface area contributed by atoms with Crippen LogP contribution in [0.2, 0.25) is 0 Å². The molecule has 1 aliphatic rings. The van der Waals surface area contributed by atoms with Crippen LogP contribution in [0.4, 0.5) is 11.4 Å². The Balaban J connectivity index is 0.00000427. The van der Waals surface area contributed by atoms with Gasteiger partial charge in [-0.3, -0.25) is 0 Å². The van der Waals surface area contributed by atoms with E-state index in [2.05, 4.69) is 205 Å². The number of rotatable bonds is 11. The summed E-state index contributed by atoms with van der Waals surface area (Å²) in [5, 5.41) is 6.24. The fourth-order valence-electron chi connectivity index (χ4n) is 9.00. The maximum absolute atomic E-state index is 4.75. The molecule has 8 aromatic rings. The zero-order valence-electron chi connectivity index (χ0n) is 30.8. The van der Waals surface area contributed by atoms with E-state index in [0.717, 1.165) is 32.1 Å². The van der Waals surface area contributed by atoms with E-state index in [1.54, 1.807) is 0 Å². The summed E-state index contributed by atoms with van der Waals surface area (Å²) in [6.45, 7) is 1.79. The van der Waals surface area contributed by atoms with Gasteiger partial charge < -0.3 is 17.0 Å². The average molecular weight is 865 g/mol. The molecule has 5 heteroatoms. The Morgan fingerprint density at radius 3 is 1.51 bits per heavy atom. The summed E-state index contributed by atoms with van der Waals surface area (Å²) in [5.41, 5.74) is 5.45. The molecule has 0 aromatic heterocycles. The average Bonchev–Trinajstić information content (AvgIpc) is 3.52. The van der Waals surface area contributed by atoms with Crippen molar-refractivity contribution < 1.29 is 21.9 Å². The molecule has 2 nitrogen and oxygen atoms in total. The molecule has 0 amide bonds. The smallest absolute Gasteiger partial charge is 1.00 e. The van der Waals surface area contributed by atoms with E-state index in [0.29, 0.717) is 0 Å². The molecular formula is C50H45Br2N2P. The third-order valence-electron chi connectivity index (χ3n) is 11.7. The Bertz CT molecular complexity index is 2340. The molecule has 9 rings (SSSR count). The third kappa shape index (κ3) is 6.96. The van der Waals surface area contributed by atoms with E-state index in [4.69, 9.17) is 15.5 Å². The molecule has 2 unspecified atom stereocenters. The van der Waals surface area contributed by atoms with Gasteiger partial charge in [-0.15, -0.1) is 0 Å². The quantitative estimate of drug-likeness (QED) is 0.131. The second-order valence-corrected chi connectivity index (χ2v) is 23.8. The second-order valence-electron chi connectivity index (χ2n) is 14.8. The van der Waals surface area contributed by atoms with Crippen molar-refractivity contribution >= 4 is 69.6 Å². The minimum atomic E-state index is -3.07. The topological polar surface area (TPSA) is 7.68 Å². The molecule has 0 saturated carbocycles. The van der Waals surface area contributed by atoms with Crippen molar-refractivity contribution in [1.82, 2.24) is 0 Å². The van der Waals surface area contributed by atoms with Crippen LogP contribution in [0.1, 0.15) is 24.0 Å². The number of hydrogen-bond donors (Lipinski definition) is 1. The van der Waals surface area contributed by atoms with Gasteiger partial charge in [0.25, 0.3) is 0 Å². The molecular weight excluding hydrogens is 819 g/mol. The van der Waals surface area contributed by atoms with Crippen LogP contribution in [0.3, 0.4) is 0 Å². The van der Waals surface area contributed by atoms with Crippen LogP contribution in [-0.2, 0) is 13.1 Å². The standard InChI is InChI=1S/C50H44BrN2P.BrH/c51-54(45-21-4-1-5-22-45,46-23-6-2-7-24-46,47-25-8-3-9-26-47)34-16-29-50-52(37-39-30-32-41-17-10-12-19-43(41)35-39)48-27-14-15-28-49(48)53(50)38-40-31-33-42-18-11-13-20-44(42)36-40;/h1-15,17-28,30-33,35-36,50H,16,29,34,37-38H2;1H. The molecule has 0 radical (unpaired) electrons. The minimum Gasteiger partial charge on any atom is -1.00 e. The van der Waals surface area contributed by atoms with Crippen molar-refractivity contribution in [2.24, 2.45) is 0 Å². The third-order valence-corrected chi connectivity index (χ3v) is 21.7. The molecule has 274 valence electrons. The van der Waals surface area contributed by atoms with Crippen molar-refractivity contribution in [3.63, 3.8) is 0 Å². The molecule has 1 N–H and O–H groups in total. The van der Waals surface area contributed by atoms with E-state index < -0.39 is 5.31 Å². The van der Waals surface area contributed by atoms with Gasteiger partial charge in [-0.05, 0) is 0 Å². The fraction of sp³-hybridized carbons (Fsp3) is 0.120. The van der Waals surface area contributed by atoms with Crippen LogP contribution in [-0.4, -0.2) is 12.3 Å². The molecule has 0 spiro atoms. The van der Waals surface area contributed by atoms with Crippen molar-refractivity contribution in [1.29, 1.82) is 0 Å². The van der Waals surface area contributed by atoms with Crippen LogP contribution in [0, 0.1) is 0 Å². The van der Waals surface area contributed by atoms with E-state index in [1.165, 1.54) is 64.9 Å². The van der Waals surface area contributed by atoms with E-state index in [-0.39, 0.29) is 23.1 Å². The fourth-order valence-corrected chi connectivity index (χ4v) is 16.7. The summed E-state index contributed by atoms with van der Waals surface area (Å²) in [7, 11) is 0. The number of nitrogens with zero attached hydrogens (tertiary/aromatic N) is 1. The van der Waals surface area contributed by atoms with Gasteiger partial charge >= 0.3 is 329 Å². The Morgan fingerprint density at radius 1 is 0.491 bits per heavy atom. The Morgan fingerprint density at radius 2 is 0.945 bits per heavy atom. The second kappa shape index (κ2) is 15.9. The zero-order chi connectivity index (χ0) is 36.4. The van der Waals surface area contributed by atoms with Gasteiger partial charge in [0.05, 0.1) is 0 Å². The summed E-state index contributed by atoms with van der Waals surface area (Å²) in [6.07, 6.45) is 3.37. The van der Waals surface area contributed by atoms with Crippen LogP contribution < -0.4 is 42.7 Å². The number of nitrogens with one attached hydrogen (secondary N) is 1. The van der Waals surface area contributed by atoms with E-state index >= 15 is 0 Å². The van der Waals surface area contributed by atoms with Gasteiger partial charge in [-0.25, -0.2) is 0 Å². The van der Waals surface area contributed by atoms with Crippen molar-refractivity contribution in [2.45, 2.75) is 32.1 Å². The zero-order valence-corrected chi connectivity index (χ0v) is 34.9. The molecule has 1 heterocycles. The minimum absolute atomic E-state index is 0. The first-order valence-corrected chi connectivity index (χ1v) is 23.6.